The maximum Gasteiger partial charge on any atom is 0.0645 e. The van der Waals surface area contributed by atoms with Gasteiger partial charge in [0.2, 0.25) is 0 Å². The molecule has 0 amide bonds. The summed E-state index contributed by atoms with van der Waals surface area (Å²) in [5.41, 5.74) is 1.35. The third-order valence-corrected chi connectivity index (χ3v) is 9.74. The quantitative estimate of drug-likeness (QED) is 0.167. The molecule has 0 saturated heterocycles. The van der Waals surface area contributed by atoms with Crippen LogP contribution >= 0.6 is 0 Å². The number of fused-ring (bicyclic) bond motifs is 7. The first-order valence-corrected chi connectivity index (χ1v) is 17.0. The normalized spacial score (nSPS) is 13.7. The van der Waals surface area contributed by atoms with Crippen molar-refractivity contribution in [2.24, 2.45) is 0 Å². The first-order chi connectivity index (χ1) is 28.6. The summed E-state index contributed by atoms with van der Waals surface area (Å²) in [4.78, 5) is 1.37. The van der Waals surface area contributed by atoms with E-state index in [4.69, 9.17) is 0 Å². The van der Waals surface area contributed by atoms with Crippen molar-refractivity contribution in [1.82, 2.24) is 0 Å². The van der Waals surface area contributed by atoms with Crippen LogP contribution in [0.15, 0.2) is 200 Å². The van der Waals surface area contributed by atoms with Gasteiger partial charge in [-0.2, -0.15) is 0 Å². The molecule has 0 heterocycles. The van der Waals surface area contributed by atoms with Crippen molar-refractivity contribution < 1.29 is 11.0 Å². The molecule has 0 fully saturated rings. The molecule has 0 spiro atoms. The van der Waals surface area contributed by atoms with E-state index in [0.29, 0.717) is 16.8 Å². The van der Waals surface area contributed by atoms with Crippen LogP contribution < -0.4 is 4.90 Å². The fraction of sp³-hybridized carbons (Fsp3) is 0. The van der Waals surface area contributed by atoms with Gasteiger partial charge in [0.15, 0.2) is 0 Å². The van der Waals surface area contributed by atoms with Crippen molar-refractivity contribution in [3.63, 3.8) is 0 Å². The van der Waals surface area contributed by atoms with E-state index in [1.807, 2.05) is 146 Å². The summed E-state index contributed by atoms with van der Waals surface area (Å²) in [6.45, 7) is 0. The number of hydrogen-bond acceptors (Lipinski definition) is 1. The Morgan fingerprint density at radius 2 is 0.686 bits per heavy atom. The van der Waals surface area contributed by atoms with Crippen molar-refractivity contribution >= 4 is 70.9 Å². The number of rotatable bonds is 5. The van der Waals surface area contributed by atoms with Crippen LogP contribution in [0.1, 0.15) is 11.0 Å². The van der Waals surface area contributed by atoms with Crippen LogP contribution in [0.3, 0.4) is 0 Å². The molecule has 0 aliphatic heterocycles. The Labute approximate surface area is 308 Å². The lowest BCUT2D eigenvalue weighted by Gasteiger charge is -2.26. The molecular weight excluding hydrogens is 615 g/mol. The lowest BCUT2D eigenvalue weighted by molar-refractivity contribution is 1.29. The van der Waals surface area contributed by atoms with Gasteiger partial charge in [0.05, 0.1) is 11.0 Å². The summed E-state index contributed by atoms with van der Waals surface area (Å²) in [5.74, 6) is 0. The van der Waals surface area contributed by atoms with Gasteiger partial charge in [-0.25, -0.2) is 0 Å². The average Bonchev–Trinajstić information content (AvgIpc) is 3.27. The summed E-state index contributed by atoms with van der Waals surface area (Å²) >= 11 is 0. The van der Waals surface area contributed by atoms with Crippen molar-refractivity contribution in [3.05, 3.63) is 200 Å². The van der Waals surface area contributed by atoms with Crippen molar-refractivity contribution in [2.45, 2.75) is 0 Å². The highest BCUT2D eigenvalue weighted by Gasteiger charge is 2.16. The van der Waals surface area contributed by atoms with Crippen LogP contribution in [0.4, 0.5) is 17.1 Å². The van der Waals surface area contributed by atoms with Crippen LogP contribution in [-0.2, 0) is 0 Å². The minimum absolute atomic E-state index is 0.127. The van der Waals surface area contributed by atoms with Crippen molar-refractivity contribution in [2.75, 3.05) is 4.90 Å². The molecular formula is C50H33N. The lowest BCUT2D eigenvalue weighted by atomic mass is 9.93. The SMILES string of the molecule is [2H]c1c([2H])c(N(c2ccc3ccccc3c2)c2c([2H])c([2H])c(-c3cc4ccccc4c4ccccc34)c([2H])c2[2H])c([2H])c([2H])c1-c1cc2ccccc2c2ccccc12. The highest BCUT2D eigenvalue weighted by molar-refractivity contribution is 6.15. The Kier molecular flexibility index (Phi) is 5.21. The van der Waals surface area contributed by atoms with Gasteiger partial charge in [-0.3, -0.25) is 0 Å². The Morgan fingerprint density at radius 1 is 0.294 bits per heavy atom. The Balaban J connectivity index is 1.26. The highest BCUT2D eigenvalue weighted by atomic mass is 15.1. The number of nitrogens with zero attached hydrogens (tertiary/aromatic N) is 1. The average molecular weight is 656 g/mol. The summed E-state index contributed by atoms with van der Waals surface area (Å²) in [6, 6.07) is 45.4. The smallest absolute Gasteiger partial charge is 0.0645 e. The molecule has 10 aromatic rings. The number of anilines is 3. The molecule has 0 aliphatic rings. The minimum atomic E-state index is -0.382. The molecule has 10 rings (SSSR count). The van der Waals surface area contributed by atoms with Crippen LogP contribution in [0.25, 0.3) is 76.1 Å². The van der Waals surface area contributed by atoms with Crippen molar-refractivity contribution in [3.8, 4) is 22.3 Å². The molecule has 10 aromatic carbocycles. The molecule has 0 saturated carbocycles. The van der Waals surface area contributed by atoms with Gasteiger partial charge in [0.25, 0.3) is 0 Å². The second-order valence-corrected chi connectivity index (χ2v) is 12.7. The van der Waals surface area contributed by atoms with Gasteiger partial charge in [-0.1, -0.05) is 152 Å². The van der Waals surface area contributed by atoms with E-state index in [1.54, 1.807) is 6.07 Å². The van der Waals surface area contributed by atoms with Crippen LogP contribution in [0.5, 0.6) is 0 Å². The van der Waals surface area contributed by atoms with Gasteiger partial charge in [-0.05, 0) is 125 Å². The largest absolute Gasteiger partial charge is 0.310 e. The third kappa shape index (κ3) is 5.02. The molecule has 1 heteroatoms. The van der Waals surface area contributed by atoms with E-state index in [9.17, 15) is 11.0 Å². The molecule has 0 unspecified atom stereocenters. The van der Waals surface area contributed by atoms with Crippen molar-refractivity contribution in [1.29, 1.82) is 0 Å². The zero-order chi connectivity index (χ0) is 40.7. The number of benzene rings is 10. The summed E-state index contributed by atoms with van der Waals surface area (Å²) in [5, 5.41) is 8.90. The molecule has 238 valence electrons. The van der Waals surface area contributed by atoms with E-state index in [2.05, 4.69) is 0 Å². The van der Waals surface area contributed by atoms with E-state index in [1.165, 1.54) is 4.90 Å². The first kappa shape index (κ1) is 22.1. The summed E-state index contributed by atoms with van der Waals surface area (Å²) in [7, 11) is 0. The predicted molar refractivity (Wildman–Crippen MR) is 220 cm³/mol. The van der Waals surface area contributed by atoms with E-state index >= 15 is 0 Å². The predicted octanol–water partition coefficient (Wildman–Crippen LogP) is 14.3. The van der Waals surface area contributed by atoms with E-state index in [0.717, 1.165) is 53.9 Å². The Bertz CT molecular complexity index is 3150. The van der Waals surface area contributed by atoms with Crippen LogP contribution in [-0.4, -0.2) is 0 Å². The monoisotopic (exact) mass is 655 g/mol. The lowest BCUT2D eigenvalue weighted by Crippen LogP contribution is -2.09. The molecule has 0 aliphatic carbocycles. The van der Waals surface area contributed by atoms with Gasteiger partial charge in [0, 0.05) is 17.1 Å². The van der Waals surface area contributed by atoms with Crippen LogP contribution in [0, 0.1) is 0 Å². The van der Waals surface area contributed by atoms with Crippen LogP contribution in [0.2, 0.25) is 0 Å². The third-order valence-electron chi connectivity index (χ3n) is 9.74. The Hall–Kier alpha value is -6.70. The van der Waals surface area contributed by atoms with Gasteiger partial charge in [0.1, 0.15) is 0 Å². The maximum absolute atomic E-state index is 9.63. The highest BCUT2D eigenvalue weighted by Crippen LogP contribution is 2.41. The van der Waals surface area contributed by atoms with E-state index in [-0.39, 0.29) is 70.8 Å². The zero-order valence-corrected chi connectivity index (χ0v) is 27.4. The maximum atomic E-state index is 9.63. The fourth-order valence-electron chi connectivity index (χ4n) is 7.31. The Morgan fingerprint density at radius 3 is 1.18 bits per heavy atom. The first-order valence-electron chi connectivity index (χ1n) is 21.0. The molecule has 51 heavy (non-hydrogen) atoms. The summed E-state index contributed by atoms with van der Waals surface area (Å²) in [6.07, 6.45) is 0. The molecule has 0 aromatic heterocycles. The molecule has 0 atom stereocenters. The standard InChI is InChI=1S/C50H33N/c1-2-12-37-31-42(30-21-34(37)11-1)51(40-26-22-35(23-27-40)49-32-38-13-3-5-15-43(38)45-17-7-9-19-47(45)49)41-28-24-36(25-29-41)50-33-39-14-4-6-16-44(39)46-18-8-10-20-48(46)50/h1-33H/i22D,23D,24D,25D,26D,27D,28D,29D. The molecule has 0 bridgehead atoms. The minimum Gasteiger partial charge on any atom is -0.310 e. The topological polar surface area (TPSA) is 3.24 Å². The fourth-order valence-corrected chi connectivity index (χ4v) is 7.31. The van der Waals surface area contributed by atoms with Gasteiger partial charge in [-0.15, -0.1) is 0 Å². The molecule has 1 nitrogen and oxygen atoms in total. The van der Waals surface area contributed by atoms with E-state index < -0.39 is 0 Å². The number of hydrogen-bond donors (Lipinski definition) is 0. The second kappa shape index (κ2) is 12.0. The van der Waals surface area contributed by atoms with Gasteiger partial charge >= 0.3 is 0 Å². The molecule has 0 N–H and O–H groups in total. The molecule has 0 radical (unpaired) electrons. The summed E-state index contributed by atoms with van der Waals surface area (Å²) < 4.78 is 76.7. The second-order valence-electron chi connectivity index (χ2n) is 12.7. The van der Waals surface area contributed by atoms with Gasteiger partial charge < -0.3 is 4.90 Å². The zero-order valence-electron chi connectivity index (χ0n) is 35.4.